The van der Waals surface area contributed by atoms with Gasteiger partial charge in [0.2, 0.25) is 0 Å². The van der Waals surface area contributed by atoms with Gasteiger partial charge in [0.15, 0.2) is 0 Å². The highest BCUT2D eigenvalue weighted by atomic mass is 35.5. The molecule has 1 N–H and O–H groups in total. The second-order valence-electron chi connectivity index (χ2n) is 5.05. The number of rotatable bonds is 5. The van der Waals surface area contributed by atoms with Crippen LogP contribution >= 0.6 is 11.6 Å². The number of hydrogen-bond acceptors (Lipinski definition) is 2. The Morgan fingerprint density at radius 2 is 1.95 bits per heavy atom. The van der Waals surface area contributed by atoms with Crippen molar-refractivity contribution in [2.45, 2.75) is 25.4 Å². The molecule has 3 rings (SSSR count). The number of halogens is 3. The zero-order valence-electron chi connectivity index (χ0n) is 11.2. The number of hydrogen-bond donors (Lipinski definition) is 1. The van der Waals surface area contributed by atoms with Gasteiger partial charge in [0.05, 0.1) is 5.02 Å². The molecule has 0 heterocycles. The molecule has 0 aromatic heterocycles. The molecule has 21 heavy (non-hydrogen) atoms. The van der Waals surface area contributed by atoms with Gasteiger partial charge in [-0.2, -0.15) is 0 Å². The molecule has 2 aromatic carbocycles. The van der Waals surface area contributed by atoms with E-state index in [1.165, 1.54) is 24.3 Å². The van der Waals surface area contributed by atoms with Crippen LogP contribution in [0.5, 0.6) is 11.5 Å². The molecule has 0 radical (unpaired) electrons. The van der Waals surface area contributed by atoms with Crippen molar-refractivity contribution in [2.75, 3.05) is 0 Å². The third-order valence-corrected chi connectivity index (χ3v) is 3.63. The fourth-order valence-electron chi connectivity index (χ4n) is 2.01. The molecular formula is C16H14ClF2NO. The predicted octanol–water partition coefficient (Wildman–Crippen LogP) is 4.66. The van der Waals surface area contributed by atoms with Gasteiger partial charge >= 0.3 is 0 Å². The van der Waals surface area contributed by atoms with Crippen LogP contribution in [0.25, 0.3) is 0 Å². The third-order valence-electron chi connectivity index (χ3n) is 3.34. The number of ether oxygens (including phenoxy) is 1. The SMILES string of the molecule is Fc1ccc(Oc2cccc(F)c2CNC2CC2)cc1Cl. The molecule has 0 atom stereocenters. The maximum Gasteiger partial charge on any atom is 0.142 e. The summed E-state index contributed by atoms with van der Waals surface area (Å²) in [6.45, 7) is 0.404. The summed E-state index contributed by atoms with van der Waals surface area (Å²) in [6, 6.07) is 9.19. The van der Waals surface area contributed by atoms with E-state index in [0.29, 0.717) is 29.6 Å². The van der Waals surface area contributed by atoms with Crippen molar-refractivity contribution in [1.29, 1.82) is 0 Å². The van der Waals surface area contributed by atoms with Crippen molar-refractivity contribution in [2.24, 2.45) is 0 Å². The van der Waals surface area contributed by atoms with Crippen LogP contribution in [0.15, 0.2) is 36.4 Å². The fraction of sp³-hybridized carbons (Fsp3) is 0.250. The first-order valence-corrected chi connectivity index (χ1v) is 7.15. The van der Waals surface area contributed by atoms with Crippen LogP contribution in [0.4, 0.5) is 8.78 Å². The summed E-state index contributed by atoms with van der Waals surface area (Å²) in [7, 11) is 0. The third kappa shape index (κ3) is 3.52. The van der Waals surface area contributed by atoms with Crippen LogP contribution in [0.3, 0.4) is 0 Å². The van der Waals surface area contributed by atoms with Crippen molar-refractivity contribution in [1.82, 2.24) is 5.32 Å². The molecule has 0 bridgehead atoms. The average Bonchev–Trinajstić information content (AvgIpc) is 3.26. The maximum absolute atomic E-state index is 14.0. The highest BCUT2D eigenvalue weighted by molar-refractivity contribution is 6.30. The molecule has 0 unspecified atom stereocenters. The Kier molecular flexibility index (Phi) is 4.08. The lowest BCUT2D eigenvalue weighted by molar-refractivity contribution is 0.460. The van der Waals surface area contributed by atoms with Crippen LogP contribution in [0.1, 0.15) is 18.4 Å². The van der Waals surface area contributed by atoms with Gasteiger partial charge in [-0.1, -0.05) is 17.7 Å². The van der Waals surface area contributed by atoms with E-state index in [1.54, 1.807) is 12.1 Å². The second-order valence-corrected chi connectivity index (χ2v) is 5.46. The van der Waals surface area contributed by atoms with Gasteiger partial charge in [0, 0.05) is 24.2 Å². The molecule has 1 saturated carbocycles. The zero-order valence-corrected chi connectivity index (χ0v) is 12.0. The minimum atomic E-state index is -0.515. The van der Waals surface area contributed by atoms with Crippen molar-refractivity contribution < 1.29 is 13.5 Å². The summed E-state index contributed by atoms with van der Waals surface area (Å²) in [5, 5.41) is 3.23. The van der Waals surface area contributed by atoms with Gasteiger partial charge in [-0.25, -0.2) is 8.78 Å². The van der Waals surface area contributed by atoms with Crippen molar-refractivity contribution in [3.8, 4) is 11.5 Å². The Morgan fingerprint density at radius 3 is 2.67 bits per heavy atom. The first-order valence-electron chi connectivity index (χ1n) is 6.77. The lowest BCUT2D eigenvalue weighted by atomic mass is 10.2. The standard InChI is InChI=1S/C16H14ClF2NO/c17-13-8-11(6-7-15(13)19)21-16-3-1-2-14(18)12(16)9-20-10-4-5-10/h1-3,6-8,10,20H,4-5,9H2. The summed E-state index contributed by atoms with van der Waals surface area (Å²) in [6.07, 6.45) is 2.25. The van der Waals surface area contributed by atoms with E-state index >= 15 is 0 Å². The normalized spacial score (nSPS) is 14.2. The maximum atomic E-state index is 14.0. The van der Waals surface area contributed by atoms with Crippen molar-refractivity contribution in [3.63, 3.8) is 0 Å². The molecule has 1 aliphatic carbocycles. The highest BCUT2D eigenvalue weighted by Gasteiger charge is 2.21. The zero-order chi connectivity index (χ0) is 14.8. The van der Waals surface area contributed by atoms with E-state index in [2.05, 4.69) is 5.32 Å². The highest BCUT2D eigenvalue weighted by Crippen LogP contribution is 2.30. The molecular weight excluding hydrogens is 296 g/mol. The molecule has 5 heteroatoms. The smallest absolute Gasteiger partial charge is 0.142 e. The quantitative estimate of drug-likeness (QED) is 0.867. The summed E-state index contributed by atoms with van der Waals surface area (Å²) in [4.78, 5) is 0. The largest absolute Gasteiger partial charge is 0.457 e. The minimum Gasteiger partial charge on any atom is -0.457 e. The molecule has 0 aliphatic heterocycles. The summed E-state index contributed by atoms with van der Waals surface area (Å²) >= 11 is 5.72. The summed E-state index contributed by atoms with van der Waals surface area (Å²) in [5.41, 5.74) is 0.463. The van der Waals surface area contributed by atoms with E-state index in [1.807, 2.05) is 0 Å². The van der Waals surface area contributed by atoms with Gasteiger partial charge in [-0.05, 0) is 37.1 Å². The van der Waals surface area contributed by atoms with Crippen molar-refractivity contribution >= 4 is 11.6 Å². The van der Waals surface area contributed by atoms with E-state index in [4.69, 9.17) is 16.3 Å². The molecule has 2 aromatic rings. The number of nitrogens with one attached hydrogen (secondary N) is 1. The molecule has 0 spiro atoms. The van der Waals surface area contributed by atoms with E-state index < -0.39 is 5.82 Å². The van der Waals surface area contributed by atoms with Crippen LogP contribution in [0, 0.1) is 11.6 Å². The van der Waals surface area contributed by atoms with Gasteiger partial charge in [-0.3, -0.25) is 0 Å². The van der Waals surface area contributed by atoms with Crippen LogP contribution in [-0.4, -0.2) is 6.04 Å². The van der Waals surface area contributed by atoms with Gasteiger partial charge in [0.1, 0.15) is 23.1 Å². The minimum absolute atomic E-state index is 0.0263. The predicted molar refractivity (Wildman–Crippen MR) is 77.7 cm³/mol. The topological polar surface area (TPSA) is 21.3 Å². The van der Waals surface area contributed by atoms with Crippen LogP contribution in [-0.2, 0) is 6.54 Å². The van der Waals surface area contributed by atoms with Gasteiger partial charge in [0.25, 0.3) is 0 Å². The second kappa shape index (κ2) is 6.00. The Labute approximate surface area is 126 Å². The van der Waals surface area contributed by atoms with Crippen LogP contribution in [0.2, 0.25) is 5.02 Å². The monoisotopic (exact) mass is 309 g/mol. The summed E-state index contributed by atoms with van der Waals surface area (Å²) in [5.74, 6) is -0.0572. The van der Waals surface area contributed by atoms with E-state index in [0.717, 1.165) is 12.8 Å². The molecule has 2 nitrogen and oxygen atoms in total. The molecule has 110 valence electrons. The Hall–Kier alpha value is -1.65. The van der Waals surface area contributed by atoms with Crippen LogP contribution < -0.4 is 10.1 Å². The molecule has 1 fully saturated rings. The van der Waals surface area contributed by atoms with Crippen molar-refractivity contribution in [3.05, 3.63) is 58.6 Å². The molecule has 0 saturated heterocycles. The lowest BCUT2D eigenvalue weighted by Gasteiger charge is -2.13. The lowest BCUT2D eigenvalue weighted by Crippen LogP contribution is -2.16. The van der Waals surface area contributed by atoms with Gasteiger partial charge < -0.3 is 10.1 Å². The van der Waals surface area contributed by atoms with Gasteiger partial charge in [-0.15, -0.1) is 0 Å². The number of benzene rings is 2. The first-order chi connectivity index (χ1) is 10.1. The van der Waals surface area contributed by atoms with E-state index in [-0.39, 0.29) is 10.8 Å². The Morgan fingerprint density at radius 1 is 1.14 bits per heavy atom. The summed E-state index contributed by atoms with van der Waals surface area (Å²) < 4.78 is 32.7. The Balaban J connectivity index is 1.82. The first kappa shape index (κ1) is 14.3. The molecule has 1 aliphatic rings. The molecule has 0 amide bonds. The van der Waals surface area contributed by atoms with E-state index in [9.17, 15) is 8.78 Å². The average molecular weight is 310 g/mol. The fourth-order valence-corrected chi connectivity index (χ4v) is 2.18. The Bertz CT molecular complexity index is 659.